The lowest BCUT2D eigenvalue weighted by Gasteiger charge is -2.19. The first-order valence-corrected chi connectivity index (χ1v) is 2.84. The molecule has 0 fully saturated rings. The van der Waals surface area contributed by atoms with Gasteiger partial charge in [-0.25, -0.2) is 5.01 Å². The molecule has 3 nitrogen and oxygen atoms in total. The highest BCUT2D eigenvalue weighted by Crippen LogP contribution is 1.84. The van der Waals surface area contributed by atoms with E-state index in [4.69, 9.17) is 5.84 Å². The predicted molar refractivity (Wildman–Crippen MR) is 35.1 cm³/mol. The van der Waals surface area contributed by atoms with Crippen LogP contribution in [-0.2, 0) is 0 Å². The van der Waals surface area contributed by atoms with Gasteiger partial charge in [-0.15, -0.1) is 0 Å². The van der Waals surface area contributed by atoms with Crippen molar-refractivity contribution in [2.75, 3.05) is 13.7 Å². The van der Waals surface area contributed by atoms with Crippen LogP contribution < -0.4 is 11.2 Å². The van der Waals surface area contributed by atoms with Crippen LogP contribution >= 0.6 is 0 Å². The van der Waals surface area contributed by atoms with Crippen LogP contribution in [0.25, 0.3) is 0 Å². The summed E-state index contributed by atoms with van der Waals surface area (Å²) in [4.78, 5) is 0. The van der Waals surface area contributed by atoms with Crippen molar-refractivity contribution in [1.29, 1.82) is 0 Å². The maximum atomic E-state index is 5.50. The number of hydrogen-bond donors (Lipinski definition) is 2. The predicted octanol–water partition coefficient (Wildman–Crippen LogP) is -0.253. The Labute approximate surface area is 50.8 Å². The average molecular weight is 117 g/mol. The van der Waals surface area contributed by atoms with Crippen molar-refractivity contribution < 1.29 is 0 Å². The van der Waals surface area contributed by atoms with Crippen molar-refractivity contribution in [3.8, 4) is 0 Å². The van der Waals surface area contributed by atoms with Crippen LogP contribution in [0.15, 0.2) is 0 Å². The van der Waals surface area contributed by atoms with Gasteiger partial charge in [0.05, 0.1) is 6.67 Å². The minimum Gasteiger partial charge on any atom is -0.306 e. The number of nitrogens with zero attached hydrogens (tertiary/aromatic N) is 1. The normalized spacial score (nSPS) is 11.2. The van der Waals surface area contributed by atoms with Crippen molar-refractivity contribution in [1.82, 2.24) is 10.3 Å². The highest BCUT2D eigenvalue weighted by atomic mass is 15.4. The van der Waals surface area contributed by atoms with Gasteiger partial charge in [-0.1, -0.05) is 0 Å². The summed E-state index contributed by atoms with van der Waals surface area (Å²) in [5, 5.41) is 4.69. The van der Waals surface area contributed by atoms with E-state index in [0.29, 0.717) is 6.04 Å². The van der Waals surface area contributed by atoms with Crippen LogP contribution in [0.2, 0.25) is 0 Å². The summed E-state index contributed by atoms with van der Waals surface area (Å²) < 4.78 is 0. The van der Waals surface area contributed by atoms with E-state index in [1.165, 1.54) is 0 Å². The van der Waals surface area contributed by atoms with Gasteiger partial charge in [0.15, 0.2) is 0 Å². The van der Waals surface area contributed by atoms with E-state index in [1.54, 1.807) is 5.01 Å². The number of rotatable bonds is 3. The molecule has 50 valence electrons. The fourth-order valence-electron chi connectivity index (χ4n) is 0.365. The zero-order chi connectivity index (χ0) is 6.57. The van der Waals surface area contributed by atoms with E-state index in [2.05, 4.69) is 19.2 Å². The van der Waals surface area contributed by atoms with E-state index in [9.17, 15) is 0 Å². The molecule has 0 unspecified atom stereocenters. The van der Waals surface area contributed by atoms with Crippen molar-refractivity contribution in [3.63, 3.8) is 0 Å². The first kappa shape index (κ1) is 7.88. The van der Waals surface area contributed by atoms with Gasteiger partial charge in [0.2, 0.25) is 0 Å². The van der Waals surface area contributed by atoms with E-state index < -0.39 is 0 Å². The number of nitrogens with two attached hydrogens (primary N) is 1. The third-order valence-electron chi connectivity index (χ3n) is 1.00. The molecule has 0 radical (unpaired) electrons. The summed E-state index contributed by atoms with van der Waals surface area (Å²) in [5.41, 5.74) is 0. The minimum absolute atomic E-state index is 0.419. The smallest absolute Gasteiger partial charge is 0.0618 e. The summed E-state index contributed by atoms with van der Waals surface area (Å²) in [7, 11) is 1.88. The number of nitrogens with one attached hydrogen (secondary N) is 1. The molecule has 8 heavy (non-hydrogen) atoms. The molecule has 0 saturated carbocycles. The molecule has 0 aromatic carbocycles. The van der Waals surface area contributed by atoms with Crippen molar-refractivity contribution in [2.45, 2.75) is 19.9 Å². The van der Waals surface area contributed by atoms with Crippen molar-refractivity contribution in [3.05, 3.63) is 0 Å². The maximum absolute atomic E-state index is 5.50. The van der Waals surface area contributed by atoms with Gasteiger partial charge in [-0.2, -0.15) is 0 Å². The molecule has 0 aliphatic rings. The molecule has 0 atom stereocenters. The fraction of sp³-hybridized carbons (Fsp3) is 1.00. The molecule has 0 rings (SSSR count). The largest absolute Gasteiger partial charge is 0.306 e. The first-order chi connectivity index (χ1) is 3.68. The third kappa shape index (κ3) is 2.96. The summed E-state index contributed by atoms with van der Waals surface area (Å²) >= 11 is 0. The summed E-state index contributed by atoms with van der Waals surface area (Å²) in [5.74, 6) is 5.50. The second-order valence-corrected chi connectivity index (χ2v) is 2.12. The summed E-state index contributed by atoms with van der Waals surface area (Å²) in [6.07, 6.45) is 0. The molecule has 0 heterocycles. The third-order valence-corrected chi connectivity index (χ3v) is 1.00. The SMILES string of the molecule is CNCN(N)C(C)C. The Morgan fingerprint density at radius 2 is 2.12 bits per heavy atom. The molecule has 0 saturated heterocycles. The molecule has 0 aromatic rings. The van der Waals surface area contributed by atoms with Crippen LogP contribution in [0.4, 0.5) is 0 Å². The Bertz CT molecular complexity index is 53.6. The second-order valence-electron chi connectivity index (χ2n) is 2.12. The molecule has 3 heteroatoms. The molecule has 0 amide bonds. The molecule has 0 aliphatic heterocycles. The van der Waals surface area contributed by atoms with Crippen LogP contribution in [0.5, 0.6) is 0 Å². The van der Waals surface area contributed by atoms with Crippen molar-refractivity contribution in [2.24, 2.45) is 5.84 Å². The van der Waals surface area contributed by atoms with Gasteiger partial charge < -0.3 is 5.32 Å². The number of hydrazine groups is 1. The highest BCUT2D eigenvalue weighted by Gasteiger charge is 1.98. The molecular formula is C5H15N3. The summed E-state index contributed by atoms with van der Waals surface area (Å²) in [6, 6.07) is 0.419. The van der Waals surface area contributed by atoms with Crippen LogP contribution in [-0.4, -0.2) is 24.8 Å². The molecule has 0 spiro atoms. The molecule has 3 N–H and O–H groups in total. The van der Waals surface area contributed by atoms with Gasteiger partial charge in [-0.05, 0) is 20.9 Å². The van der Waals surface area contributed by atoms with E-state index in [1.807, 2.05) is 7.05 Å². The maximum Gasteiger partial charge on any atom is 0.0618 e. The van der Waals surface area contributed by atoms with Crippen LogP contribution in [0.1, 0.15) is 13.8 Å². The standard InChI is InChI=1S/C5H15N3/c1-5(2)8(6)4-7-3/h5,7H,4,6H2,1-3H3. The zero-order valence-corrected chi connectivity index (χ0v) is 5.81. The lowest BCUT2D eigenvalue weighted by molar-refractivity contribution is 0.216. The van der Waals surface area contributed by atoms with Gasteiger partial charge in [0.1, 0.15) is 0 Å². The minimum atomic E-state index is 0.419. The zero-order valence-electron chi connectivity index (χ0n) is 5.81. The first-order valence-electron chi connectivity index (χ1n) is 2.84. The lowest BCUT2D eigenvalue weighted by atomic mass is 10.4. The lowest BCUT2D eigenvalue weighted by Crippen LogP contribution is -2.42. The average Bonchev–Trinajstić information content (AvgIpc) is 1.67. The highest BCUT2D eigenvalue weighted by molar-refractivity contribution is 4.49. The molecular weight excluding hydrogens is 102 g/mol. The monoisotopic (exact) mass is 117 g/mol. The van der Waals surface area contributed by atoms with Gasteiger partial charge in [0, 0.05) is 6.04 Å². The molecule has 0 aromatic heterocycles. The second kappa shape index (κ2) is 3.83. The van der Waals surface area contributed by atoms with E-state index in [0.717, 1.165) is 6.67 Å². The van der Waals surface area contributed by atoms with Crippen LogP contribution in [0.3, 0.4) is 0 Å². The van der Waals surface area contributed by atoms with E-state index >= 15 is 0 Å². The van der Waals surface area contributed by atoms with Gasteiger partial charge in [0.25, 0.3) is 0 Å². The van der Waals surface area contributed by atoms with E-state index in [-0.39, 0.29) is 0 Å². The Kier molecular flexibility index (Phi) is 3.77. The van der Waals surface area contributed by atoms with Gasteiger partial charge >= 0.3 is 0 Å². The van der Waals surface area contributed by atoms with Gasteiger partial charge in [-0.3, -0.25) is 5.84 Å². The Morgan fingerprint density at radius 3 is 2.25 bits per heavy atom. The number of hydrogen-bond acceptors (Lipinski definition) is 3. The fourth-order valence-corrected chi connectivity index (χ4v) is 0.365. The Hall–Kier alpha value is -0.120. The molecule has 0 bridgehead atoms. The Morgan fingerprint density at radius 1 is 1.62 bits per heavy atom. The van der Waals surface area contributed by atoms with Crippen molar-refractivity contribution >= 4 is 0 Å². The molecule has 0 aliphatic carbocycles. The quantitative estimate of drug-likeness (QED) is 0.304. The summed E-state index contributed by atoms with van der Waals surface area (Å²) in [6.45, 7) is 4.85. The topological polar surface area (TPSA) is 41.3 Å². The van der Waals surface area contributed by atoms with Crippen LogP contribution in [0, 0.1) is 0 Å². The Balaban J connectivity index is 3.17.